The van der Waals surface area contributed by atoms with Crippen LogP contribution in [0.5, 0.6) is 0 Å². The van der Waals surface area contributed by atoms with Crippen LogP contribution >= 0.6 is 11.3 Å². The van der Waals surface area contributed by atoms with Crippen LogP contribution < -0.4 is 5.32 Å². The summed E-state index contributed by atoms with van der Waals surface area (Å²) in [7, 11) is 0. The Hall–Kier alpha value is -1.62. The fourth-order valence-corrected chi connectivity index (χ4v) is 3.58. The van der Waals surface area contributed by atoms with Gasteiger partial charge in [-0.3, -0.25) is 4.79 Å². The van der Waals surface area contributed by atoms with Gasteiger partial charge in [-0.1, -0.05) is 0 Å². The standard InChI is InChI=1S/C14H17N3OS/c18-14(16-6-8-17-7-5-15-10-17)13-9-11-3-1-2-4-12(11)19-13/h5,7,9-10H,1-4,6,8H2,(H,16,18). The van der Waals surface area contributed by atoms with Crippen molar-refractivity contribution in [2.24, 2.45) is 0 Å². The summed E-state index contributed by atoms with van der Waals surface area (Å²) >= 11 is 1.66. The predicted octanol–water partition coefficient (Wildman–Crippen LogP) is 2.25. The van der Waals surface area contributed by atoms with E-state index >= 15 is 0 Å². The van der Waals surface area contributed by atoms with Crippen LogP contribution in [0.1, 0.15) is 33.0 Å². The number of nitrogens with one attached hydrogen (secondary N) is 1. The molecule has 0 bridgehead atoms. The van der Waals surface area contributed by atoms with Gasteiger partial charge in [0.05, 0.1) is 11.2 Å². The van der Waals surface area contributed by atoms with Gasteiger partial charge in [-0.25, -0.2) is 4.98 Å². The molecule has 1 aliphatic rings. The maximum Gasteiger partial charge on any atom is 0.261 e. The maximum atomic E-state index is 12.1. The van der Waals surface area contributed by atoms with Gasteiger partial charge in [0.25, 0.3) is 5.91 Å². The summed E-state index contributed by atoms with van der Waals surface area (Å²) in [6.45, 7) is 1.40. The number of fused-ring (bicyclic) bond motifs is 1. The Labute approximate surface area is 116 Å². The summed E-state index contributed by atoms with van der Waals surface area (Å²) in [4.78, 5) is 18.3. The van der Waals surface area contributed by atoms with E-state index in [1.54, 1.807) is 23.9 Å². The van der Waals surface area contributed by atoms with Crippen LogP contribution in [0, 0.1) is 0 Å². The molecular weight excluding hydrogens is 258 g/mol. The van der Waals surface area contributed by atoms with E-state index < -0.39 is 0 Å². The van der Waals surface area contributed by atoms with Crippen LogP contribution in [-0.4, -0.2) is 22.0 Å². The second-order valence-electron chi connectivity index (χ2n) is 4.82. The van der Waals surface area contributed by atoms with Gasteiger partial charge < -0.3 is 9.88 Å². The van der Waals surface area contributed by atoms with Crippen molar-refractivity contribution in [3.05, 3.63) is 40.1 Å². The molecule has 0 aromatic carbocycles. The first-order chi connectivity index (χ1) is 9.33. The van der Waals surface area contributed by atoms with Crippen LogP contribution in [0.25, 0.3) is 0 Å². The molecule has 1 aliphatic carbocycles. The lowest BCUT2D eigenvalue weighted by atomic mass is 9.99. The molecule has 1 amide bonds. The monoisotopic (exact) mass is 275 g/mol. The predicted molar refractivity (Wildman–Crippen MR) is 75.5 cm³/mol. The van der Waals surface area contributed by atoms with Crippen LogP contribution in [-0.2, 0) is 19.4 Å². The lowest BCUT2D eigenvalue weighted by Gasteiger charge is -2.08. The summed E-state index contributed by atoms with van der Waals surface area (Å²) < 4.78 is 1.96. The lowest BCUT2D eigenvalue weighted by Crippen LogP contribution is -2.26. The Morgan fingerprint density at radius 3 is 3.11 bits per heavy atom. The first-order valence-electron chi connectivity index (χ1n) is 6.68. The molecule has 0 fully saturated rings. The quantitative estimate of drug-likeness (QED) is 0.930. The van der Waals surface area contributed by atoms with Gasteiger partial charge in [-0.2, -0.15) is 0 Å². The Morgan fingerprint density at radius 1 is 1.42 bits per heavy atom. The number of hydrogen-bond acceptors (Lipinski definition) is 3. The molecule has 0 radical (unpaired) electrons. The number of carbonyl (C=O) groups is 1. The second kappa shape index (κ2) is 5.57. The Balaban J connectivity index is 1.56. The van der Waals surface area contributed by atoms with E-state index in [2.05, 4.69) is 16.4 Å². The topological polar surface area (TPSA) is 46.9 Å². The summed E-state index contributed by atoms with van der Waals surface area (Å²) in [5.74, 6) is 0.0551. The molecule has 2 aromatic rings. The zero-order chi connectivity index (χ0) is 13.1. The molecule has 0 saturated carbocycles. The number of nitrogens with zero attached hydrogens (tertiary/aromatic N) is 2. The molecule has 0 unspecified atom stereocenters. The van der Waals surface area contributed by atoms with Gasteiger partial charge >= 0.3 is 0 Å². The minimum Gasteiger partial charge on any atom is -0.350 e. The highest BCUT2D eigenvalue weighted by Gasteiger charge is 2.16. The summed E-state index contributed by atoms with van der Waals surface area (Å²) in [6, 6.07) is 2.08. The zero-order valence-electron chi connectivity index (χ0n) is 10.8. The van der Waals surface area contributed by atoms with Crippen molar-refractivity contribution < 1.29 is 4.79 Å². The minimum atomic E-state index is 0.0551. The third-order valence-corrected chi connectivity index (χ3v) is 4.67. The highest BCUT2D eigenvalue weighted by molar-refractivity contribution is 7.14. The van der Waals surface area contributed by atoms with E-state index in [4.69, 9.17) is 0 Å². The molecule has 0 aliphatic heterocycles. The molecule has 0 spiro atoms. The zero-order valence-corrected chi connectivity index (χ0v) is 11.6. The molecule has 1 N–H and O–H groups in total. The number of aromatic nitrogens is 2. The van der Waals surface area contributed by atoms with Gasteiger partial charge in [-0.05, 0) is 37.3 Å². The smallest absolute Gasteiger partial charge is 0.261 e. The number of hydrogen-bond donors (Lipinski definition) is 1. The van der Waals surface area contributed by atoms with Gasteiger partial charge in [0.15, 0.2) is 0 Å². The van der Waals surface area contributed by atoms with Crippen LogP contribution in [0.3, 0.4) is 0 Å². The number of thiophene rings is 1. The van der Waals surface area contributed by atoms with Crippen molar-refractivity contribution in [2.75, 3.05) is 6.54 Å². The fourth-order valence-electron chi connectivity index (χ4n) is 2.41. The first kappa shape index (κ1) is 12.4. The Kier molecular flexibility index (Phi) is 3.64. The number of amides is 1. The van der Waals surface area contributed by atoms with Crippen molar-refractivity contribution in [3.8, 4) is 0 Å². The SMILES string of the molecule is O=C(NCCn1ccnc1)c1cc2c(s1)CCCC2. The van der Waals surface area contributed by atoms with Gasteiger partial charge in [-0.15, -0.1) is 11.3 Å². The third-order valence-electron chi connectivity index (χ3n) is 3.44. The third kappa shape index (κ3) is 2.87. The molecule has 5 heteroatoms. The number of imidazole rings is 1. The Bertz CT molecular complexity index is 536. The van der Waals surface area contributed by atoms with E-state index in [1.165, 1.54) is 23.3 Å². The van der Waals surface area contributed by atoms with E-state index in [0.717, 1.165) is 24.3 Å². The fraction of sp³-hybridized carbons (Fsp3) is 0.429. The molecule has 0 atom stereocenters. The molecule has 2 aromatic heterocycles. The molecule has 19 heavy (non-hydrogen) atoms. The average molecular weight is 275 g/mol. The number of rotatable bonds is 4. The summed E-state index contributed by atoms with van der Waals surface area (Å²) in [5, 5.41) is 2.97. The van der Waals surface area contributed by atoms with E-state index in [0.29, 0.717) is 6.54 Å². The maximum absolute atomic E-state index is 12.1. The van der Waals surface area contributed by atoms with Crippen molar-refractivity contribution in [1.29, 1.82) is 0 Å². The van der Waals surface area contributed by atoms with E-state index in [9.17, 15) is 4.79 Å². The summed E-state index contributed by atoms with van der Waals surface area (Å²) in [6.07, 6.45) is 10.2. The first-order valence-corrected chi connectivity index (χ1v) is 7.50. The van der Waals surface area contributed by atoms with Gasteiger partial charge in [0.2, 0.25) is 0 Å². The number of carbonyl (C=O) groups excluding carboxylic acids is 1. The molecule has 3 rings (SSSR count). The van der Waals surface area contributed by atoms with Crippen LogP contribution in [0.15, 0.2) is 24.8 Å². The molecule has 4 nitrogen and oxygen atoms in total. The van der Waals surface area contributed by atoms with Crippen molar-refractivity contribution in [2.45, 2.75) is 32.2 Å². The summed E-state index contributed by atoms with van der Waals surface area (Å²) in [5.41, 5.74) is 1.39. The van der Waals surface area contributed by atoms with Crippen LogP contribution in [0.2, 0.25) is 0 Å². The average Bonchev–Trinajstić information content (AvgIpc) is 3.07. The van der Waals surface area contributed by atoms with Gasteiger partial charge in [0, 0.05) is 30.4 Å². The van der Waals surface area contributed by atoms with Crippen LogP contribution in [0.4, 0.5) is 0 Å². The van der Waals surface area contributed by atoms with Crippen molar-refractivity contribution in [3.63, 3.8) is 0 Å². The largest absolute Gasteiger partial charge is 0.350 e. The van der Waals surface area contributed by atoms with Gasteiger partial charge in [0.1, 0.15) is 0 Å². The minimum absolute atomic E-state index is 0.0551. The van der Waals surface area contributed by atoms with E-state index in [1.807, 2.05) is 10.8 Å². The molecule has 100 valence electrons. The lowest BCUT2D eigenvalue weighted by molar-refractivity contribution is 0.0956. The molecule has 0 saturated heterocycles. The van der Waals surface area contributed by atoms with Crippen molar-refractivity contribution in [1.82, 2.24) is 14.9 Å². The highest BCUT2D eigenvalue weighted by atomic mass is 32.1. The second-order valence-corrected chi connectivity index (χ2v) is 5.96. The highest BCUT2D eigenvalue weighted by Crippen LogP contribution is 2.29. The molecule has 2 heterocycles. The molecular formula is C14H17N3OS. The van der Waals surface area contributed by atoms with Crippen molar-refractivity contribution >= 4 is 17.2 Å². The normalized spacial score (nSPS) is 14.1. The number of aryl methyl sites for hydroxylation is 2. The Morgan fingerprint density at radius 2 is 2.32 bits per heavy atom. The van der Waals surface area contributed by atoms with E-state index in [-0.39, 0.29) is 5.91 Å².